The Kier molecular flexibility index (Phi) is 5.76. The summed E-state index contributed by atoms with van der Waals surface area (Å²) in [6, 6.07) is 18.7. The van der Waals surface area contributed by atoms with Crippen molar-refractivity contribution in [2.24, 2.45) is 5.92 Å². The molecule has 2 aromatic rings. The Labute approximate surface area is 136 Å². The molecule has 0 saturated carbocycles. The standard InChI is InChI=1S/C19H20N2O2/c1-14(2)19(15-8-4-3-5-9-15)21-18(22)13-23-17-11-7-6-10-16(17)12-20/h3-11,14,19H,13H2,1-2H3,(H,21,22)/t19-/m0/s1. The van der Waals surface area contributed by atoms with Crippen LogP contribution in [0, 0.1) is 17.2 Å². The molecule has 0 saturated heterocycles. The summed E-state index contributed by atoms with van der Waals surface area (Å²) in [7, 11) is 0. The van der Waals surface area contributed by atoms with E-state index < -0.39 is 0 Å². The number of benzene rings is 2. The fraction of sp³-hybridized carbons (Fsp3) is 0.263. The smallest absolute Gasteiger partial charge is 0.258 e. The van der Waals surface area contributed by atoms with Gasteiger partial charge >= 0.3 is 0 Å². The molecule has 0 aromatic heterocycles. The highest BCUT2D eigenvalue weighted by molar-refractivity contribution is 5.78. The molecule has 0 aliphatic heterocycles. The Morgan fingerprint density at radius 3 is 2.43 bits per heavy atom. The topological polar surface area (TPSA) is 62.1 Å². The summed E-state index contributed by atoms with van der Waals surface area (Å²) < 4.78 is 5.47. The lowest BCUT2D eigenvalue weighted by Gasteiger charge is -2.23. The lowest BCUT2D eigenvalue weighted by atomic mass is 9.96. The zero-order valence-electron chi connectivity index (χ0n) is 13.3. The van der Waals surface area contributed by atoms with Crippen LogP contribution < -0.4 is 10.1 Å². The van der Waals surface area contributed by atoms with Crippen LogP contribution >= 0.6 is 0 Å². The first kappa shape index (κ1) is 16.6. The summed E-state index contributed by atoms with van der Waals surface area (Å²) in [5.41, 5.74) is 1.48. The van der Waals surface area contributed by atoms with Crippen LogP contribution in [-0.4, -0.2) is 12.5 Å². The number of ether oxygens (including phenoxy) is 1. The van der Waals surface area contributed by atoms with Crippen molar-refractivity contribution >= 4 is 5.91 Å². The molecule has 2 aromatic carbocycles. The molecule has 0 aliphatic carbocycles. The van der Waals surface area contributed by atoms with Gasteiger partial charge in [0.15, 0.2) is 6.61 Å². The van der Waals surface area contributed by atoms with Crippen molar-refractivity contribution in [3.63, 3.8) is 0 Å². The Hall–Kier alpha value is -2.80. The van der Waals surface area contributed by atoms with Gasteiger partial charge in [-0.1, -0.05) is 56.3 Å². The molecule has 4 nitrogen and oxygen atoms in total. The summed E-state index contributed by atoms with van der Waals surface area (Å²) >= 11 is 0. The Balaban J connectivity index is 1.99. The summed E-state index contributed by atoms with van der Waals surface area (Å²) in [5.74, 6) is 0.471. The minimum absolute atomic E-state index is 0.0708. The van der Waals surface area contributed by atoms with E-state index in [9.17, 15) is 4.79 Å². The molecule has 0 spiro atoms. The lowest BCUT2D eigenvalue weighted by molar-refractivity contribution is -0.124. The predicted molar refractivity (Wildman–Crippen MR) is 88.8 cm³/mol. The quantitative estimate of drug-likeness (QED) is 0.889. The second kappa shape index (κ2) is 8.00. The van der Waals surface area contributed by atoms with Gasteiger partial charge in [-0.05, 0) is 23.6 Å². The second-order valence-electron chi connectivity index (χ2n) is 5.60. The van der Waals surface area contributed by atoms with Crippen molar-refractivity contribution in [1.82, 2.24) is 5.32 Å². The molecule has 2 rings (SSSR count). The third-order valence-electron chi connectivity index (χ3n) is 3.51. The zero-order valence-corrected chi connectivity index (χ0v) is 13.3. The number of nitrogens with one attached hydrogen (secondary N) is 1. The van der Waals surface area contributed by atoms with E-state index in [4.69, 9.17) is 10.00 Å². The van der Waals surface area contributed by atoms with E-state index in [1.807, 2.05) is 36.4 Å². The summed E-state index contributed by atoms with van der Waals surface area (Å²) in [5, 5.41) is 12.0. The number of para-hydroxylation sites is 1. The first-order chi connectivity index (χ1) is 11.1. The van der Waals surface area contributed by atoms with Crippen molar-refractivity contribution in [2.45, 2.75) is 19.9 Å². The number of amides is 1. The lowest BCUT2D eigenvalue weighted by Crippen LogP contribution is -2.35. The highest BCUT2D eigenvalue weighted by Gasteiger charge is 2.18. The van der Waals surface area contributed by atoms with Crippen LogP contribution in [0.4, 0.5) is 0 Å². The van der Waals surface area contributed by atoms with Crippen molar-refractivity contribution in [3.05, 3.63) is 65.7 Å². The fourth-order valence-electron chi connectivity index (χ4n) is 2.34. The molecule has 118 valence electrons. The largest absolute Gasteiger partial charge is 0.482 e. The van der Waals surface area contributed by atoms with Crippen molar-refractivity contribution in [3.8, 4) is 11.8 Å². The van der Waals surface area contributed by atoms with Gasteiger partial charge in [0.2, 0.25) is 0 Å². The summed E-state index contributed by atoms with van der Waals surface area (Å²) in [4.78, 5) is 12.2. The maximum atomic E-state index is 12.2. The first-order valence-electron chi connectivity index (χ1n) is 7.58. The van der Waals surface area contributed by atoms with Gasteiger partial charge in [0, 0.05) is 0 Å². The van der Waals surface area contributed by atoms with Crippen LogP contribution in [0.2, 0.25) is 0 Å². The summed E-state index contributed by atoms with van der Waals surface area (Å²) in [6.07, 6.45) is 0. The molecular formula is C19H20N2O2. The minimum Gasteiger partial charge on any atom is -0.482 e. The predicted octanol–water partition coefficient (Wildman–Crippen LogP) is 3.45. The van der Waals surface area contributed by atoms with Crippen molar-refractivity contribution < 1.29 is 9.53 Å². The molecule has 0 unspecified atom stereocenters. The zero-order chi connectivity index (χ0) is 16.7. The Morgan fingerprint density at radius 2 is 1.78 bits per heavy atom. The second-order valence-corrected chi connectivity index (χ2v) is 5.60. The molecule has 0 radical (unpaired) electrons. The molecule has 1 N–H and O–H groups in total. The van der Waals surface area contributed by atoms with E-state index >= 15 is 0 Å². The van der Waals surface area contributed by atoms with Crippen LogP contribution in [0.25, 0.3) is 0 Å². The average molecular weight is 308 g/mol. The third-order valence-corrected chi connectivity index (χ3v) is 3.51. The third kappa shape index (κ3) is 4.58. The van der Waals surface area contributed by atoms with Crippen molar-refractivity contribution in [2.75, 3.05) is 6.61 Å². The van der Waals surface area contributed by atoms with Gasteiger partial charge in [-0.25, -0.2) is 0 Å². The van der Waals surface area contributed by atoms with Gasteiger partial charge in [0.1, 0.15) is 11.8 Å². The van der Waals surface area contributed by atoms with Gasteiger partial charge in [-0.2, -0.15) is 5.26 Å². The highest BCUT2D eigenvalue weighted by atomic mass is 16.5. The fourth-order valence-corrected chi connectivity index (χ4v) is 2.34. The first-order valence-corrected chi connectivity index (χ1v) is 7.58. The van der Waals surface area contributed by atoms with E-state index in [2.05, 4.69) is 19.2 Å². The van der Waals surface area contributed by atoms with Gasteiger partial charge < -0.3 is 10.1 Å². The Bertz CT molecular complexity index is 690. The molecule has 4 heteroatoms. The normalized spacial score (nSPS) is 11.6. The number of rotatable bonds is 6. The minimum atomic E-state index is -0.208. The molecule has 23 heavy (non-hydrogen) atoms. The Morgan fingerprint density at radius 1 is 1.13 bits per heavy atom. The maximum Gasteiger partial charge on any atom is 0.258 e. The van der Waals surface area contributed by atoms with Crippen LogP contribution in [0.3, 0.4) is 0 Å². The van der Waals surface area contributed by atoms with E-state index in [1.165, 1.54) is 0 Å². The van der Waals surface area contributed by atoms with E-state index in [0.717, 1.165) is 5.56 Å². The van der Waals surface area contributed by atoms with Crippen LogP contribution in [0.1, 0.15) is 31.0 Å². The highest BCUT2D eigenvalue weighted by Crippen LogP contribution is 2.21. The molecule has 0 fully saturated rings. The van der Waals surface area contributed by atoms with Crippen LogP contribution in [0.5, 0.6) is 5.75 Å². The van der Waals surface area contributed by atoms with E-state index in [-0.39, 0.29) is 24.5 Å². The number of carbonyl (C=O) groups is 1. The number of hydrogen-bond donors (Lipinski definition) is 1. The number of carbonyl (C=O) groups excluding carboxylic acids is 1. The number of hydrogen-bond acceptors (Lipinski definition) is 3. The molecule has 0 heterocycles. The maximum absolute atomic E-state index is 12.2. The molecular weight excluding hydrogens is 288 g/mol. The van der Waals surface area contributed by atoms with Gasteiger partial charge in [0.25, 0.3) is 5.91 Å². The van der Waals surface area contributed by atoms with Gasteiger partial charge in [-0.3, -0.25) is 4.79 Å². The van der Waals surface area contributed by atoms with Gasteiger partial charge in [-0.15, -0.1) is 0 Å². The molecule has 0 bridgehead atoms. The summed E-state index contributed by atoms with van der Waals surface area (Å²) in [6.45, 7) is 4.00. The van der Waals surface area contributed by atoms with Gasteiger partial charge in [0.05, 0.1) is 11.6 Å². The SMILES string of the molecule is CC(C)[C@H](NC(=O)COc1ccccc1C#N)c1ccccc1. The molecule has 0 aliphatic rings. The monoisotopic (exact) mass is 308 g/mol. The van der Waals surface area contributed by atoms with Crippen LogP contribution in [-0.2, 0) is 4.79 Å². The average Bonchev–Trinajstić information content (AvgIpc) is 2.58. The van der Waals surface area contributed by atoms with E-state index in [0.29, 0.717) is 11.3 Å². The van der Waals surface area contributed by atoms with Crippen molar-refractivity contribution in [1.29, 1.82) is 5.26 Å². The van der Waals surface area contributed by atoms with E-state index in [1.54, 1.807) is 24.3 Å². The van der Waals surface area contributed by atoms with Crippen LogP contribution in [0.15, 0.2) is 54.6 Å². The molecule has 1 atom stereocenters. The number of nitriles is 1. The number of nitrogens with zero attached hydrogens (tertiary/aromatic N) is 1. The molecule has 1 amide bonds.